The van der Waals surface area contributed by atoms with Crippen molar-refractivity contribution >= 4 is 34.2 Å². The number of anilines is 1. The van der Waals surface area contributed by atoms with Crippen molar-refractivity contribution in [2.75, 3.05) is 11.9 Å². The normalized spacial score (nSPS) is 20.1. The van der Waals surface area contributed by atoms with E-state index < -0.39 is 0 Å². The van der Waals surface area contributed by atoms with E-state index in [0.717, 1.165) is 28.3 Å². The third kappa shape index (κ3) is 4.31. The molecule has 1 heterocycles. The van der Waals surface area contributed by atoms with Crippen LogP contribution in [0.1, 0.15) is 54.9 Å². The largest absolute Gasteiger partial charge is 0.384 e. The third-order valence-corrected chi connectivity index (χ3v) is 7.99. The van der Waals surface area contributed by atoms with Crippen molar-refractivity contribution in [1.29, 1.82) is 5.26 Å². The van der Waals surface area contributed by atoms with Gasteiger partial charge in [-0.15, -0.1) is 0 Å². The highest BCUT2D eigenvalue weighted by Gasteiger charge is 2.41. The molecule has 0 saturated carbocycles. The Kier molecular flexibility index (Phi) is 6.67. The monoisotopic (exact) mass is 492 g/mol. The first kappa shape index (κ1) is 23.9. The SMILES string of the molecule is CCNc1ccc(C#N)cc1N=C1SC(=C2C(C)c3ccccc3C2C)C(=O)N1Cc1ccccc1. The van der Waals surface area contributed by atoms with E-state index in [-0.39, 0.29) is 17.7 Å². The fourth-order valence-electron chi connectivity index (χ4n) is 5.11. The number of aliphatic imine (C=N–C) groups is 1. The van der Waals surface area contributed by atoms with Gasteiger partial charge in [-0.25, -0.2) is 4.99 Å². The summed E-state index contributed by atoms with van der Waals surface area (Å²) in [5.74, 6) is 0.324. The first-order valence-corrected chi connectivity index (χ1v) is 13.1. The summed E-state index contributed by atoms with van der Waals surface area (Å²) in [7, 11) is 0. The molecule has 0 aromatic heterocycles. The zero-order chi connectivity index (χ0) is 25.2. The average Bonchev–Trinajstić information content (AvgIpc) is 3.33. The molecule has 2 aliphatic rings. The van der Waals surface area contributed by atoms with Crippen molar-refractivity contribution in [2.45, 2.75) is 39.2 Å². The standard InChI is InChI=1S/C30H28N4OS/c1-4-32-25-15-14-22(17-31)16-26(25)33-30-34(18-21-10-6-5-7-11-21)29(35)28(36-30)27-19(2)23-12-8-9-13-24(23)20(27)3/h5-16,19-20,32H,4,18H2,1-3H3. The fraction of sp³-hybridized carbons (Fsp3) is 0.233. The number of nitrogens with one attached hydrogen (secondary N) is 1. The summed E-state index contributed by atoms with van der Waals surface area (Å²) in [4.78, 5) is 21.5. The molecule has 5 nitrogen and oxygen atoms in total. The average molecular weight is 493 g/mol. The van der Waals surface area contributed by atoms with E-state index in [1.807, 2.05) is 43.3 Å². The fourth-order valence-corrected chi connectivity index (χ4v) is 6.36. The molecule has 0 bridgehead atoms. The Morgan fingerprint density at radius 1 is 1.00 bits per heavy atom. The Hall–Kier alpha value is -3.82. The molecule has 6 heteroatoms. The lowest BCUT2D eigenvalue weighted by Crippen LogP contribution is -2.29. The van der Waals surface area contributed by atoms with Crippen LogP contribution in [0.4, 0.5) is 11.4 Å². The maximum Gasteiger partial charge on any atom is 0.267 e. The summed E-state index contributed by atoms with van der Waals surface area (Å²) in [6.45, 7) is 7.57. The molecule has 2 atom stereocenters. The number of benzene rings is 3. The molecular formula is C30H28N4OS. The molecule has 180 valence electrons. The van der Waals surface area contributed by atoms with Crippen LogP contribution >= 0.6 is 11.8 Å². The number of hydrogen-bond donors (Lipinski definition) is 1. The van der Waals surface area contributed by atoms with Crippen LogP contribution in [-0.4, -0.2) is 22.5 Å². The molecular weight excluding hydrogens is 464 g/mol. The molecule has 36 heavy (non-hydrogen) atoms. The van der Waals surface area contributed by atoms with Gasteiger partial charge in [0, 0.05) is 18.4 Å². The van der Waals surface area contributed by atoms with Gasteiger partial charge in [-0.05, 0) is 59.1 Å². The molecule has 2 unspecified atom stereocenters. The van der Waals surface area contributed by atoms with E-state index >= 15 is 0 Å². The molecule has 0 spiro atoms. The molecule has 1 amide bonds. The molecule has 1 aliphatic heterocycles. The predicted molar refractivity (Wildman–Crippen MR) is 147 cm³/mol. The van der Waals surface area contributed by atoms with Gasteiger partial charge in [-0.2, -0.15) is 5.26 Å². The maximum atomic E-state index is 14.0. The zero-order valence-electron chi connectivity index (χ0n) is 20.7. The minimum absolute atomic E-state index is 0.00875. The molecule has 3 aromatic rings. The van der Waals surface area contributed by atoms with Gasteiger partial charge in [0.2, 0.25) is 0 Å². The Morgan fingerprint density at radius 3 is 2.31 bits per heavy atom. The highest BCUT2D eigenvalue weighted by Crippen LogP contribution is 2.51. The quantitative estimate of drug-likeness (QED) is 0.392. The minimum atomic E-state index is -0.00875. The molecule has 1 aliphatic carbocycles. The van der Waals surface area contributed by atoms with E-state index in [0.29, 0.717) is 23.0 Å². The number of amidine groups is 1. The number of fused-ring (bicyclic) bond motifs is 1. The first-order chi connectivity index (χ1) is 17.5. The second-order valence-electron chi connectivity index (χ2n) is 9.10. The van der Waals surface area contributed by atoms with Crippen molar-refractivity contribution < 1.29 is 4.79 Å². The minimum Gasteiger partial charge on any atom is -0.384 e. The van der Waals surface area contributed by atoms with Crippen LogP contribution in [-0.2, 0) is 11.3 Å². The van der Waals surface area contributed by atoms with Crippen LogP contribution in [0, 0.1) is 11.3 Å². The van der Waals surface area contributed by atoms with E-state index in [1.54, 1.807) is 17.0 Å². The second-order valence-corrected chi connectivity index (χ2v) is 10.1. The smallest absolute Gasteiger partial charge is 0.267 e. The number of amides is 1. The maximum absolute atomic E-state index is 14.0. The molecule has 5 rings (SSSR count). The zero-order valence-corrected chi connectivity index (χ0v) is 21.5. The van der Waals surface area contributed by atoms with Gasteiger partial charge in [0.25, 0.3) is 5.91 Å². The number of nitriles is 1. The van der Waals surface area contributed by atoms with Gasteiger partial charge in [0.1, 0.15) is 0 Å². The summed E-state index contributed by atoms with van der Waals surface area (Å²) in [5, 5.41) is 13.4. The Bertz CT molecular complexity index is 1390. The van der Waals surface area contributed by atoms with Crippen molar-refractivity contribution in [2.24, 2.45) is 4.99 Å². The van der Waals surface area contributed by atoms with Crippen molar-refractivity contribution in [3.63, 3.8) is 0 Å². The number of thioether (sulfide) groups is 1. The van der Waals surface area contributed by atoms with Crippen molar-refractivity contribution in [1.82, 2.24) is 4.90 Å². The second kappa shape index (κ2) is 10.0. The van der Waals surface area contributed by atoms with Crippen molar-refractivity contribution in [3.8, 4) is 6.07 Å². The van der Waals surface area contributed by atoms with E-state index in [4.69, 9.17) is 4.99 Å². The number of carbonyl (C=O) groups excluding carboxylic acids is 1. The third-order valence-electron chi connectivity index (χ3n) is 6.88. The lowest BCUT2D eigenvalue weighted by atomic mass is 9.95. The van der Waals surface area contributed by atoms with Crippen LogP contribution < -0.4 is 5.32 Å². The summed E-state index contributed by atoms with van der Waals surface area (Å²) in [5.41, 5.74) is 6.81. The first-order valence-electron chi connectivity index (χ1n) is 12.2. The number of allylic oxidation sites excluding steroid dienone is 1. The number of carbonyl (C=O) groups is 1. The van der Waals surface area contributed by atoms with E-state index in [9.17, 15) is 10.1 Å². The highest BCUT2D eigenvalue weighted by atomic mass is 32.2. The predicted octanol–water partition coefficient (Wildman–Crippen LogP) is 6.93. The topological polar surface area (TPSA) is 68.5 Å². The summed E-state index contributed by atoms with van der Waals surface area (Å²) < 4.78 is 0. The van der Waals surface area contributed by atoms with Gasteiger partial charge in [-0.3, -0.25) is 9.69 Å². The Morgan fingerprint density at radius 2 is 1.67 bits per heavy atom. The molecule has 0 radical (unpaired) electrons. The Labute approximate surface area is 216 Å². The van der Waals surface area contributed by atoms with Gasteiger partial charge in [0.15, 0.2) is 5.17 Å². The van der Waals surface area contributed by atoms with Gasteiger partial charge in [-0.1, -0.05) is 68.4 Å². The van der Waals surface area contributed by atoms with Crippen LogP contribution in [0.3, 0.4) is 0 Å². The van der Waals surface area contributed by atoms with E-state index in [2.05, 4.69) is 49.5 Å². The number of hydrogen-bond acceptors (Lipinski definition) is 5. The summed E-state index contributed by atoms with van der Waals surface area (Å²) in [6.07, 6.45) is 0. The van der Waals surface area contributed by atoms with Gasteiger partial charge < -0.3 is 5.32 Å². The van der Waals surface area contributed by atoms with Crippen LogP contribution in [0.15, 0.2) is 88.3 Å². The molecule has 1 N–H and O–H groups in total. The Balaban J connectivity index is 1.62. The van der Waals surface area contributed by atoms with E-state index in [1.165, 1.54) is 22.9 Å². The highest BCUT2D eigenvalue weighted by molar-refractivity contribution is 8.18. The van der Waals surface area contributed by atoms with Crippen LogP contribution in [0.25, 0.3) is 0 Å². The van der Waals surface area contributed by atoms with Crippen molar-refractivity contribution in [3.05, 3.63) is 106 Å². The van der Waals surface area contributed by atoms with Crippen LogP contribution in [0.5, 0.6) is 0 Å². The molecule has 1 fully saturated rings. The number of nitrogens with zero attached hydrogens (tertiary/aromatic N) is 3. The van der Waals surface area contributed by atoms with Gasteiger partial charge >= 0.3 is 0 Å². The van der Waals surface area contributed by atoms with Crippen LogP contribution in [0.2, 0.25) is 0 Å². The number of rotatable bonds is 5. The summed E-state index contributed by atoms with van der Waals surface area (Å²) in [6, 6.07) is 26.1. The molecule has 1 saturated heterocycles. The summed E-state index contributed by atoms with van der Waals surface area (Å²) >= 11 is 1.45. The lowest BCUT2D eigenvalue weighted by Gasteiger charge is -2.17. The molecule has 3 aromatic carbocycles. The van der Waals surface area contributed by atoms with Gasteiger partial charge in [0.05, 0.1) is 34.5 Å². The lowest BCUT2D eigenvalue weighted by molar-refractivity contribution is -0.122.